The molecule has 9 heteroatoms. The van der Waals surface area contributed by atoms with E-state index in [0.29, 0.717) is 16.9 Å². The molecular formula is C20H27N5O3S. The summed E-state index contributed by atoms with van der Waals surface area (Å²) in [7, 11) is 2.19. The molecule has 0 radical (unpaired) electrons. The van der Waals surface area contributed by atoms with Crippen molar-refractivity contribution in [3.63, 3.8) is 0 Å². The number of piperazine rings is 1. The predicted molar refractivity (Wildman–Crippen MR) is 111 cm³/mol. The molecule has 0 aromatic carbocycles. The summed E-state index contributed by atoms with van der Waals surface area (Å²) >= 11 is 1.31. The monoisotopic (exact) mass is 417 g/mol. The summed E-state index contributed by atoms with van der Waals surface area (Å²) in [6.45, 7) is 5.72. The topological polar surface area (TPSA) is 81.9 Å². The number of piperidine rings is 1. The molecule has 2 aliphatic heterocycles. The maximum absolute atomic E-state index is 12.7. The van der Waals surface area contributed by atoms with E-state index in [9.17, 15) is 9.59 Å². The summed E-state index contributed by atoms with van der Waals surface area (Å²) in [5.74, 6) is -0.00816. The summed E-state index contributed by atoms with van der Waals surface area (Å²) in [5.41, 5.74) is 0.686. The van der Waals surface area contributed by atoms with Gasteiger partial charge in [0, 0.05) is 44.1 Å². The highest BCUT2D eigenvalue weighted by Crippen LogP contribution is 2.19. The lowest BCUT2D eigenvalue weighted by atomic mass is 10.0. The molecule has 29 heavy (non-hydrogen) atoms. The number of carbonyl (C=O) groups excluding carboxylic acids is 2. The SMILES string of the molecule is CN1CCCC(N2CCN(C(=O)Cc3csc(NC(=O)c4ccco4)n3)CC2)C1. The third-order valence-electron chi connectivity index (χ3n) is 5.63. The second-order valence-electron chi connectivity index (χ2n) is 7.73. The number of likely N-dealkylation sites (tertiary alicyclic amines) is 1. The number of anilines is 1. The van der Waals surface area contributed by atoms with Crippen LogP contribution < -0.4 is 5.32 Å². The fraction of sp³-hybridized carbons (Fsp3) is 0.550. The second kappa shape index (κ2) is 9.06. The summed E-state index contributed by atoms with van der Waals surface area (Å²) in [6, 6.07) is 3.87. The van der Waals surface area contributed by atoms with Gasteiger partial charge in [-0.3, -0.25) is 19.8 Å². The van der Waals surface area contributed by atoms with Gasteiger partial charge in [-0.15, -0.1) is 11.3 Å². The van der Waals surface area contributed by atoms with Crippen molar-refractivity contribution in [3.05, 3.63) is 35.2 Å². The Morgan fingerprint density at radius 1 is 1.28 bits per heavy atom. The molecule has 2 aliphatic rings. The van der Waals surface area contributed by atoms with E-state index in [2.05, 4.69) is 27.1 Å². The zero-order chi connectivity index (χ0) is 20.2. The van der Waals surface area contributed by atoms with E-state index in [1.165, 1.54) is 37.0 Å². The van der Waals surface area contributed by atoms with Crippen LogP contribution in [0, 0.1) is 0 Å². The number of thiazole rings is 1. The Morgan fingerprint density at radius 2 is 2.10 bits per heavy atom. The van der Waals surface area contributed by atoms with E-state index in [0.717, 1.165) is 32.7 Å². The van der Waals surface area contributed by atoms with Crippen LogP contribution in [0.3, 0.4) is 0 Å². The van der Waals surface area contributed by atoms with Crippen molar-refractivity contribution in [1.29, 1.82) is 0 Å². The molecule has 2 amide bonds. The van der Waals surface area contributed by atoms with Crippen molar-refractivity contribution in [3.8, 4) is 0 Å². The van der Waals surface area contributed by atoms with Gasteiger partial charge in [-0.2, -0.15) is 0 Å². The molecule has 0 spiro atoms. The lowest BCUT2D eigenvalue weighted by Gasteiger charge is -2.42. The zero-order valence-electron chi connectivity index (χ0n) is 16.7. The molecule has 4 rings (SSSR count). The number of carbonyl (C=O) groups is 2. The molecule has 0 bridgehead atoms. The Morgan fingerprint density at radius 3 is 2.83 bits per heavy atom. The normalized spacial score (nSPS) is 21.3. The molecule has 2 saturated heterocycles. The van der Waals surface area contributed by atoms with Gasteiger partial charge in [0.2, 0.25) is 5.91 Å². The minimum Gasteiger partial charge on any atom is -0.459 e. The first-order valence-electron chi connectivity index (χ1n) is 10.1. The van der Waals surface area contributed by atoms with Crippen LogP contribution in [0.4, 0.5) is 5.13 Å². The summed E-state index contributed by atoms with van der Waals surface area (Å²) in [4.78, 5) is 35.9. The highest BCUT2D eigenvalue weighted by molar-refractivity contribution is 7.14. The van der Waals surface area contributed by atoms with Crippen LogP contribution in [-0.4, -0.2) is 83.9 Å². The molecule has 0 aliphatic carbocycles. The molecule has 8 nitrogen and oxygen atoms in total. The minimum atomic E-state index is -0.341. The van der Waals surface area contributed by atoms with Gasteiger partial charge in [-0.25, -0.2) is 4.98 Å². The van der Waals surface area contributed by atoms with Crippen LogP contribution in [-0.2, 0) is 11.2 Å². The Kier molecular flexibility index (Phi) is 6.27. The van der Waals surface area contributed by atoms with Gasteiger partial charge in [0.1, 0.15) is 0 Å². The van der Waals surface area contributed by atoms with Crippen LogP contribution in [0.5, 0.6) is 0 Å². The number of furan rings is 1. The van der Waals surface area contributed by atoms with Gasteiger partial charge in [0.05, 0.1) is 18.4 Å². The number of hydrogen-bond donors (Lipinski definition) is 1. The first-order chi connectivity index (χ1) is 14.1. The lowest BCUT2D eigenvalue weighted by molar-refractivity contribution is -0.132. The first-order valence-corrected chi connectivity index (χ1v) is 11.0. The van der Waals surface area contributed by atoms with Gasteiger partial charge in [0.15, 0.2) is 10.9 Å². The van der Waals surface area contributed by atoms with E-state index in [1.807, 2.05) is 10.3 Å². The summed E-state index contributed by atoms with van der Waals surface area (Å²) < 4.78 is 5.07. The van der Waals surface area contributed by atoms with E-state index >= 15 is 0 Å². The number of likely N-dealkylation sites (N-methyl/N-ethyl adjacent to an activating group) is 1. The standard InChI is InChI=1S/C20H27N5O3S/c1-23-6-2-4-16(13-23)24-7-9-25(10-8-24)18(26)12-15-14-29-20(21-15)22-19(27)17-5-3-11-28-17/h3,5,11,14,16H,2,4,6-10,12-13H2,1H3,(H,21,22,27). The highest BCUT2D eigenvalue weighted by atomic mass is 32.1. The average molecular weight is 418 g/mol. The van der Waals surface area contributed by atoms with Crippen molar-refractivity contribution in [2.45, 2.75) is 25.3 Å². The van der Waals surface area contributed by atoms with Crippen LogP contribution in [0.15, 0.2) is 28.2 Å². The third kappa shape index (κ3) is 5.04. The van der Waals surface area contributed by atoms with Gasteiger partial charge in [0.25, 0.3) is 5.91 Å². The lowest BCUT2D eigenvalue weighted by Crippen LogP contribution is -2.55. The fourth-order valence-electron chi connectivity index (χ4n) is 4.05. The quantitative estimate of drug-likeness (QED) is 0.799. The van der Waals surface area contributed by atoms with Gasteiger partial charge >= 0.3 is 0 Å². The second-order valence-corrected chi connectivity index (χ2v) is 8.59. The average Bonchev–Trinajstić information content (AvgIpc) is 3.40. The molecule has 1 atom stereocenters. The smallest absolute Gasteiger partial charge is 0.293 e. The van der Waals surface area contributed by atoms with Crippen molar-refractivity contribution in [1.82, 2.24) is 19.7 Å². The Hall–Kier alpha value is -2.23. The molecule has 1 unspecified atom stereocenters. The maximum atomic E-state index is 12.7. The highest BCUT2D eigenvalue weighted by Gasteiger charge is 2.28. The molecule has 156 valence electrons. The molecule has 2 fully saturated rings. The van der Waals surface area contributed by atoms with Crippen molar-refractivity contribution in [2.24, 2.45) is 0 Å². The number of hydrogen-bond acceptors (Lipinski definition) is 7. The van der Waals surface area contributed by atoms with Crippen LogP contribution >= 0.6 is 11.3 Å². The summed E-state index contributed by atoms with van der Waals surface area (Å²) in [5, 5.41) is 5.00. The Balaban J connectivity index is 1.25. The molecule has 2 aromatic heterocycles. The molecule has 2 aromatic rings. The molecular weight excluding hydrogens is 390 g/mol. The van der Waals surface area contributed by atoms with Gasteiger partial charge < -0.3 is 14.2 Å². The summed E-state index contributed by atoms with van der Waals surface area (Å²) in [6.07, 6.45) is 4.22. The van der Waals surface area contributed by atoms with Crippen LogP contribution in [0.1, 0.15) is 29.1 Å². The van der Waals surface area contributed by atoms with Crippen molar-refractivity contribution in [2.75, 3.05) is 51.6 Å². The van der Waals surface area contributed by atoms with E-state index < -0.39 is 0 Å². The van der Waals surface area contributed by atoms with Crippen LogP contribution in [0.25, 0.3) is 0 Å². The first kappa shape index (κ1) is 20.1. The van der Waals surface area contributed by atoms with E-state index in [-0.39, 0.29) is 24.0 Å². The maximum Gasteiger partial charge on any atom is 0.293 e. The number of nitrogens with one attached hydrogen (secondary N) is 1. The Labute approximate surface area is 174 Å². The predicted octanol–water partition coefficient (Wildman–Crippen LogP) is 1.77. The van der Waals surface area contributed by atoms with E-state index in [4.69, 9.17) is 4.42 Å². The number of rotatable bonds is 5. The van der Waals surface area contributed by atoms with Crippen LogP contribution in [0.2, 0.25) is 0 Å². The van der Waals surface area contributed by atoms with Crippen molar-refractivity contribution >= 4 is 28.3 Å². The number of nitrogens with zero attached hydrogens (tertiary/aromatic N) is 4. The largest absolute Gasteiger partial charge is 0.459 e. The fourth-order valence-corrected chi connectivity index (χ4v) is 4.76. The van der Waals surface area contributed by atoms with Gasteiger partial charge in [-0.05, 0) is 38.6 Å². The zero-order valence-corrected chi connectivity index (χ0v) is 17.5. The van der Waals surface area contributed by atoms with Crippen molar-refractivity contribution < 1.29 is 14.0 Å². The molecule has 4 heterocycles. The Bertz CT molecular complexity index is 829. The minimum absolute atomic E-state index is 0.0969. The van der Waals surface area contributed by atoms with Gasteiger partial charge in [-0.1, -0.05) is 0 Å². The number of amides is 2. The molecule has 1 N–H and O–H groups in total. The number of aromatic nitrogens is 1. The third-order valence-corrected chi connectivity index (χ3v) is 6.44. The molecule has 0 saturated carbocycles. The van der Waals surface area contributed by atoms with E-state index in [1.54, 1.807) is 12.1 Å².